The summed E-state index contributed by atoms with van der Waals surface area (Å²) in [5.41, 5.74) is 1.50. The van der Waals surface area contributed by atoms with E-state index < -0.39 is 0 Å². The van der Waals surface area contributed by atoms with Crippen LogP contribution < -0.4 is 0 Å². The Balaban J connectivity index is 1.23. The van der Waals surface area contributed by atoms with Gasteiger partial charge in [0.05, 0.1) is 5.92 Å². The number of halogens is 1. The maximum atomic E-state index is 12.9. The van der Waals surface area contributed by atoms with Crippen molar-refractivity contribution in [2.45, 2.75) is 57.8 Å². The molecule has 1 aromatic carbocycles. The van der Waals surface area contributed by atoms with E-state index in [4.69, 9.17) is 11.6 Å². The summed E-state index contributed by atoms with van der Waals surface area (Å²) in [7, 11) is 0. The number of nitrogens with zero attached hydrogens (tertiary/aromatic N) is 1. The van der Waals surface area contributed by atoms with Gasteiger partial charge in [-0.25, -0.2) is 0 Å². The average molecular weight is 386 g/mol. The number of hydrogen-bond donors (Lipinski definition) is 0. The summed E-state index contributed by atoms with van der Waals surface area (Å²) >= 11 is 5.94. The molecule has 1 saturated heterocycles. The van der Waals surface area contributed by atoms with Gasteiger partial charge >= 0.3 is 0 Å². The minimum absolute atomic E-state index is 0.0312. The number of amides is 2. The lowest BCUT2D eigenvalue weighted by molar-refractivity contribution is -0.140. The molecule has 0 N–H and O–H groups in total. The minimum Gasteiger partial charge on any atom is -0.282 e. The van der Waals surface area contributed by atoms with Crippen molar-refractivity contribution in [3.05, 3.63) is 34.9 Å². The molecule has 1 atom stereocenters. The summed E-state index contributed by atoms with van der Waals surface area (Å²) in [5.74, 6) is 2.62. The second kappa shape index (κ2) is 6.62. The first-order valence-corrected chi connectivity index (χ1v) is 11.0. The Bertz CT molecular complexity index is 721. The molecular weight excluding hydrogens is 358 g/mol. The van der Waals surface area contributed by atoms with Crippen LogP contribution in [0.5, 0.6) is 0 Å². The van der Waals surface area contributed by atoms with E-state index in [-0.39, 0.29) is 17.7 Å². The first-order valence-electron chi connectivity index (χ1n) is 10.6. The summed E-state index contributed by atoms with van der Waals surface area (Å²) in [6.07, 6.45) is 10.3. The van der Waals surface area contributed by atoms with Crippen LogP contribution >= 0.6 is 11.6 Å². The average Bonchev–Trinajstić information content (AvgIpc) is 2.87. The Morgan fingerprint density at radius 3 is 2.15 bits per heavy atom. The molecule has 144 valence electrons. The van der Waals surface area contributed by atoms with Crippen LogP contribution in [0.2, 0.25) is 5.02 Å². The number of benzene rings is 1. The largest absolute Gasteiger partial charge is 0.282 e. The molecule has 2 amide bonds. The van der Waals surface area contributed by atoms with E-state index in [1.54, 1.807) is 4.90 Å². The summed E-state index contributed by atoms with van der Waals surface area (Å²) in [6, 6.07) is 7.61. The molecule has 0 aromatic heterocycles. The fourth-order valence-electron chi connectivity index (χ4n) is 7.00. The van der Waals surface area contributed by atoms with Gasteiger partial charge < -0.3 is 0 Å². The first kappa shape index (κ1) is 17.7. The summed E-state index contributed by atoms with van der Waals surface area (Å²) in [5, 5.41) is 0.699. The second-order valence-electron chi connectivity index (χ2n) is 9.78. The fraction of sp³-hybridized carbons (Fsp3) is 0.652. The van der Waals surface area contributed by atoms with Crippen LogP contribution in [-0.2, 0) is 16.0 Å². The van der Waals surface area contributed by atoms with E-state index in [9.17, 15) is 9.59 Å². The number of imide groups is 1. The third-order valence-electron chi connectivity index (χ3n) is 7.76. The van der Waals surface area contributed by atoms with Gasteiger partial charge in [-0.3, -0.25) is 14.5 Å². The number of rotatable bonds is 5. The van der Waals surface area contributed by atoms with Crippen LogP contribution in [0.25, 0.3) is 0 Å². The van der Waals surface area contributed by atoms with Gasteiger partial charge in [0.15, 0.2) is 0 Å². The van der Waals surface area contributed by atoms with E-state index in [1.807, 2.05) is 24.3 Å². The Hall–Kier alpha value is -1.35. The van der Waals surface area contributed by atoms with Gasteiger partial charge in [0.1, 0.15) is 0 Å². The topological polar surface area (TPSA) is 37.4 Å². The van der Waals surface area contributed by atoms with Crippen LogP contribution in [0.3, 0.4) is 0 Å². The predicted octanol–water partition coefficient (Wildman–Crippen LogP) is 4.86. The van der Waals surface area contributed by atoms with Crippen molar-refractivity contribution >= 4 is 23.4 Å². The van der Waals surface area contributed by atoms with Crippen LogP contribution in [-0.4, -0.2) is 23.3 Å². The van der Waals surface area contributed by atoms with Crippen molar-refractivity contribution in [1.29, 1.82) is 0 Å². The third kappa shape index (κ3) is 3.33. The van der Waals surface area contributed by atoms with Crippen molar-refractivity contribution in [2.75, 3.05) is 6.54 Å². The molecular formula is C23H28ClNO2. The highest BCUT2D eigenvalue weighted by Crippen LogP contribution is 2.61. The second-order valence-corrected chi connectivity index (χ2v) is 10.2. The van der Waals surface area contributed by atoms with Gasteiger partial charge in [0.2, 0.25) is 11.8 Å². The molecule has 3 nitrogen and oxygen atoms in total. The summed E-state index contributed by atoms with van der Waals surface area (Å²) in [4.78, 5) is 27.0. The van der Waals surface area contributed by atoms with Gasteiger partial charge in [-0.2, -0.15) is 0 Å². The molecule has 5 fully saturated rings. The molecule has 0 unspecified atom stereocenters. The van der Waals surface area contributed by atoms with Crippen LogP contribution in [0.1, 0.15) is 56.9 Å². The SMILES string of the molecule is O=C1C[C@H](Cc2ccc(Cl)cc2)C(=O)N1CCC12CC3CC(CC(C3)C1)C2. The monoisotopic (exact) mass is 385 g/mol. The zero-order valence-corrected chi connectivity index (χ0v) is 16.6. The lowest BCUT2D eigenvalue weighted by Crippen LogP contribution is -2.47. The zero-order chi connectivity index (χ0) is 18.6. The Morgan fingerprint density at radius 2 is 1.56 bits per heavy atom. The van der Waals surface area contributed by atoms with E-state index in [1.165, 1.54) is 38.5 Å². The maximum absolute atomic E-state index is 12.9. The zero-order valence-electron chi connectivity index (χ0n) is 15.8. The minimum atomic E-state index is -0.199. The van der Waals surface area contributed by atoms with Crippen molar-refractivity contribution in [1.82, 2.24) is 4.90 Å². The smallest absolute Gasteiger partial charge is 0.233 e. The lowest BCUT2D eigenvalue weighted by atomic mass is 9.49. The van der Waals surface area contributed by atoms with Gasteiger partial charge in [-0.05, 0) is 92.2 Å². The van der Waals surface area contributed by atoms with Crippen molar-refractivity contribution in [3.8, 4) is 0 Å². The first-order chi connectivity index (χ1) is 13.0. The molecule has 27 heavy (non-hydrogen) atoms. The van der Waals surface area contributed by atoms with Gasteiger partial charge in [-0.1, -0.05) is 23.7 Å². The third-order valence-corrected chi connectivity index (χ3v) is 8.02. The highest BCUT2D eigenvalue weighted by atomic mass is 35.5. The lowest BCUT2D eigenvalue weighted by Gasteiger charge is -2.57. The molecule has 6 rings (SSSR count). The number of carbonyl (C=O) groups is 2. The number of carbonyl (C=O) groups excluding carboxylic acids is 2. The molecule has 4 bridgehead atoms. The molecule has 0 spiro atoms. The Morgan fingerprint density at radius 1 is 0.963 bits per heavy atom. The molecule has 4 heteroatoms. The predicted molar refractivity (Wildman–Crippen MR) is 105 cm³/mol. The molecule has 1 aromatic rings. The normalized spacial score (nSPS) is 37.4. The van der Waals surface area contributed by atoms with E-state index in [2.05, 4.69) is 0 Å². The quantitative estimate of drug-likeness (QED) is 0.678. The molecule has 4 aliphatic carbocycles. The molecule has 1 heterocycles. The number of likely N-dealkylation sites (tertiary alicyclic amines) is 1. The standard InChI is InChI=1S/C23H28ClNO2/c24-20-3-1-15(2-4-20)10-19-11-21(26)25(22(19)27)6-5-23-12-16-7-17(13-23)9-18(8-16)14-23/h1-4,16-19H,5-14H2/t16?,17?,18?,19-,23?/m0/s1. The highest BCUT2D eigenvalue weighted by molar-refractivity contribution is 6.30. The van der Waals surface area contributed by atoms with Crippen molar-refractivity contribution < 1.29 is 9.59 Å². The van der Waals surface area contributed by atoms with E-state index in [0.717, 1.165) is 29.7 Å². The van der Waals surface area contributed by atoms with Gasteiger partial charge in [-0.15, -0.1) is 0 Å². The Labute approximate surface area is 166 Å². The van der Waals surface area contributed by atoms with Gasteiger partial charge in [0, 0.05) is 18.0 Å². The van der Waals surface area contributed by atoms with Crippen LogP contribution in [0.15, 0.2) is 24.3 Å². The molecule has 4 saturated carbocycles. The Kier molecular flexibility index (Phi) is 4.34. The maximum Gasteiger partial charge on any atom is 0.233 e. The molecule has 1 aliphatic heterocycles. The molecule has 5 aliphatic rings. The van der Waals surface area contributed by atoms with Crippen LogP contribution in [0, 0.1) is 29.1 Å². The van der Waals surface area contributed by atoms with Crippen molar-refractivity contribution in [2.24, 2.45) is 29.1 Å². The van der Waals surface area contributed by atoms with Gasteiger partial charge in [0.25, 0.3) is 0 Å². The van der Waals surface area contributed by atoms with Crippen molar-refractivity contribution in [3.63, 3.8) is 0 Å². The summed E-state index contributed by atoms with van der Waals surface area (Å²) in [6.45, 7) is 0.640. The number of hydrogen-bond acceptors (Lipinski definition) is 2. The molecule has 0 radical (unpaired) electrons. The van der Waals surface area contributed by atoms with E-state index >= 15 is 0 Å². The summed E-state index contributed by atoms with van der Waals surface area (Å²) < 4.78 is 0. The van der Waals surface area contributed by atoms with Crippen LogP contribution in [0.4, 0.5) is 0 Å². The fourth-order valence-corrected chi connectivity index (χ4v) is 7.12. The van der Waals surface area contributed by atoms with E-state index in [0.29, 0.717) is 29.8 Å². The highest BCUT2D eigenvalue weighted by Gasteiger charge is 2.51.